The van der Waals surface area contributed by atoms with E-state index in [1.165, 1.54) is 0 Å². The van der Waals surface area contributed by atoms with Crippen LogP contribution >= 0.6 is 23.4 Å². The van der Waals surface area contributed by atoms with Crippen LogP contribution in [0, 0.1) is 19.8 Å². The van der Waals surface area contributed by atoms with Gasteiger partial charge >= 0.3 is 5.97 Å². The quantitative estimate of drug-likeness (QED) is 0.386. The average Bonchev–Trinajstić information content (AvgIpc) is 3.51. The number of rotatable bonds is 7. The average molecular weight is 529 g/mol. The molecule has 2 aliphatic rings. The molecule has 190 valence electrons. The number of aromatic nitrogens is 4. The first kappa shape index (κ1) is 24.9. The molecule has 0 radical (unpaired) electrons. The van der Waals surface area contributed by atoms with Gasteiger partial charge in [0.1, 0.15) is 22.0 Å². The number of halogens is 1. The zero-order chi connectivity index (χ0) is 25.4. The van der Waals surface area contributed by atoms with Gasteiger partial charge in [0.2, 0.25) is 5.16 Å². The number of ether oxygens (including phenoxy) is 2. The Morgan fingerprint density at radius 2 is 2.03 bits per heavy atom. The van der Waals surface area contributed by atoms with Gasteiger partial charge in [0.15, 0.2) is 0 Å². The maximum Gasteiger partial charge on any atom is 0.349 e. The molecule has 0 saturated heterocycles. The number of carbonyl (C=O) groups excluding carboxylic acids is 1. The number of carbonyl (C=O) groups is 1. The number of thioether (sulfide) groups is 1. The number of esters is 1. The SMILES string of the molecule is COc1ccc(CCC2(C3CCCC3)CC(O)=C(Sc3nc4nc(C)cc(C)n4n3)C(=O)O2)cc1Cl. The first-order valence-electron chi connectivity index (χ1n) is 12.1. The van der Waals surface area contributed by atoms with Crippen molar-refractivity contribution in [2.75, 3.05) is 7.11 Å². The molecule has 1 aromatic carbocycles. The smallest absolute Gasteiger partial charge is 0.349 e. The van der Waals surface area contributed by atoms with Crippen LogP contribution in [0.5, 0.6) is 5.75 Å². The number of aliphatic hydroxyl groups excluding tert-OH is 1. The Labute approximate surface area is 219 Å². The van der Waals surface area contributed by atoms with Crippen molar-refractivity contribution in [2.24, 2.45) is 5.92 Å². The minimum Gasteiger partial charge on any atom is -0.511 e. The van der Waals surface area contributed by atoms with Crippen molar-refractivity contribution in [1.29, 1.82) is 0 Å². The van der Waals surface area contributed by atoms with Crippen molar-refractivity contribution in [3.05, 3.63) is 56.9 Å². The molecule has 1 atom stereocenters. The van der Waals surface area contributed by atoms with E-state index in [4.69, 9.17) is 21.1 Å². The van der Waals surface area contributed by atoms with Crippen molar-refractivity contribution in [1.82, 2.24) is 19.6 Å². The largest absolute Gasteiger partial charge is 0.511 e. The monoisotopic (exact) mass is 528 g/mol. The molecule has 3 heterocycles. The molecule has 8 nitrogen and oxygen atoms in total. The lowest BCUT2D eigenvalue weighted by Gasteiger charge is -2.41. The van der Waals surface area contributed by atoms with Gasteiger partial charge < -0.3 is 14.6 Å². The van der Waals surface area contributed by atoms with Crippen LogP contribution in [0.3, 0.4) is 0 Å². The first-order valence-corrected chi connectivity index (χ1v) is 13.3. The fourth-order valence-corrected chi connectivity index (χ4v) is 6.40. The molecule has 1 unspecified atom stereocenters. The summed E-state index contributed by atoms with van der Waals surface area (Å²) in [6.07, 6.45) is 5.70. The second kappa shape index (κ2) is 9.94. The lowest BCUT2D eigenvalue weighted by atomic mass is 9.77. The topological polar surface area (TPSA) is 98.8 Å². The third kappa shape index (κ3) is 4.78. The van der Waals surface area contributed by atoms with Gasteiger partial charge in [0.25, 0.3) is 5.78 Å². The number of benzene rings is 1. The molecule has 0 amide bonds. The van der Waals surface area contributed by atoms with E-state index >= 15 is 0 Å². The standard InChI is InChI=1S/C26H29ClN4O4S/c1-15-12-16(2)31-24(28-15)29-25(30-31)36-22-20(32)14-26(35-23(22)33,18-6-4-5-7-18)11-10-17-8-9-21(34-3)19(27)13-17/h8-9,12-13,18,32H,4-7,10-11,14H2,1-3H3. The molecule has 10 heteroatoms. The summed E-state index contributed by atoms with van der Waals surface area (Å²) < 4.78 is 13.1. The molecule has 1 saturated carbocycles. The first-order chi connectivity index (χ1) is 17.3. The van der Waals surface area contributed by atoms with Crippen molar-refractivity contribution in [3.8, 4) is 5.75 Å². The van der Waals surface area contributed by atoms with E-state index < -0.39 is 11.6 Å². The van der Waals surface area contributed by atoms with Gasteiger partial charge in [0.05, 0.1) is 12.1 Å². The zero-order valence-electron chi connectivity index (χ0n) is 20.6. The maximum atomic E-state index is 13.3. The Kier molecular flexibility index (Phi) is 6.87. The van der Waals surface area contributed by atoms with Crippen LogP contribution < -0.4 is 4.74 Å². The fraction of sp³-hybridized carbons (Fsp3) is 0.462. The van der Waals surface area contributed by atoms with Crippen molar-refractivity contribution in [2.45, 2.75) is 69.6 Å². The Balaban J connectivity index is 1.40. The number of cyclic esters (lactones) is 1. The van der Waals surface area contributed by atoms with E-state index in [1.54, 1.807) is 11.6 Å². The second-order valence-corrected chi connectivity index (χ2v) is 11.0. The number of nitrogens with zero attached hydrogens (tertiary/aromatic N) is 4. The molecule has 2 aromatic heterocycles. The van der Waals surface area contributed by atoms with E-state index in [9.17, 15) is 9.90 Å². The van der Waals surface area contributed by atoms with Crippen LogP contribution in [0.25, 0.3) is 5.78 Å². The van der Waals surface area contributed by atoms with Crippen LogP contribution in [0.4, 0.5) is 0 Å². The molecule has 5 rings (SSSR count). The van der Waals surface area contributed by atoms with Crippen LogP contribution in [0.2, 0.25) is 5.02 Å². The summed E-state index contributed by atoms with van der Waals surface area (Å²) in [5.41, 5.74) is 2.00. The van der Waals surface area contributed by atoms with Crippen molar-refractivity contribution in [3.63, 3.8) is 0 Å². The molecule has 3 aromatic rings. The number of methoxy groups -OCH3 is 1. The predicted molar refractivity (Wildman–Crippen MR) is 137 cm³/mol. The number of fused-ring (bicyclic) bond motifs is 1. The van der Waals surface area contributed by atoms with E-state index in [-0.39, 0.29) is 23.0 Å². The second-order valence-electron chi connectivity index (χ2n) is 9.60. The van der Waals surface area contributed by atoms with Gasteiger partial charge in [0, 0.05) is 17.8 Å². The van der Waals surface area contributed by atoms with Crippen LogP contribution in [-0.2, 0) is 16.0 Å². The lowest BCUT2D eigenvalue weighted by molar-refractivity contribution is -0.166. The van der Waals surface area contributed by atoms with E-state index in [0.717, 1.165) is 54.4 Å². The summed E-state index contributed by atoms with van der Waals surface area (Å²) in [4.78, 5) is 22.3. The summed E-state index contributed by atoms with van der Waals surface area (Å²) in [7, 11) is 1.59. The van der Waals surface area contributed by atoms with Crippen molar-refractivity contribution < 1.29 is 19.4 Å². The molecule has 1 aliphatic heterocycles. The van der Waals surface area contributed by atoms with E-state index in [2.05, 4.69) is 15.1 Å². The molecule has 0 spiro atoms. The number of hydrogen-bond donors (Lipinski definition) is 1. The summed E-state index contributed by atoms with van der Waals surface area (Å²) in [5.74, 6) is 0.793. The van der Waals surface area contributed by atoms with Gasteiger partial charge in [-0.1, -0.05) is 30.5 Å². The molecule has 1 aliphatic carbocycles. The van der Waals surface area contributed by atoms with Gasteiger partial charge in [-0.25, -0.2) is 14.3 Å². The highest BCUT2D eigenvalue weighted by Gasteiger charge is 2.48. The van der Waals surface area contributed by atoms with Gasteiger partial charge in [-0.3, -0.25) is 0 Å². The Hall–Kier alpha value is -2.78. The lowest BCUT2D eigenvalue weighted by Crippen LogP contribution is -2.45. The summed E-state index contributed by atoms with van der Waals surface area (Å²) in [6, 6.07) is 7.62. The number of aryl methyl sites for hydroxylation is 3. The van der Waals surface area contributed by atoms with Crippen LogP contribution in [-0.4, -0.2) is 43.4 Å². The molecule has 36 heavy (non-hydrogen) atoms. The Morgan fingerprint density at radius 3 is 2.72 bits per heavy atom. The highest BCUT2D eigenvalue weighted by molar-refractivity contribution is 8.03. The third-order valence-corrected chi connectivity index (χ3v) is 8.41. The molecule has 1 fully saturated rings. The normalized spacial score (nSPS) is 20.8. The predicted octanol–water partition coefficient (Wildman–Crippen LogP) is 5.77. The minimum absolute atomic E-state index is 0.0376. The maximum absolute atomic E-state index is 13.3. The fourth-order valence-electron chi connectivity index (χ4n) is 5.38. The number of hydrogen-bond acceptors (Lipinski definition) is 8. The van der Waals surface area contributed by atoms with Gasteiger partial charge in [-0.2, -0.15) is 4.98 Å². The third-order valence-electron chi connectivity index (χ3n) is 7.15. The summed E-state index contributed by atoms with van der Waals surface area (Å²) >= 11 is 7.35. The zero-order valence-corrected chi connectivity index (χ0v) is 22.2. The van der Waals surface area contributed by atoms with Gasteiger partial charge in [-0.05, 0) is 81.0 Å². The molecular formula is C26H29ClN4O4S. The Morgan fingerprint density at radius 1 is 1.25 bits per heavy atom. The highest BCUT2D eigenvalue weighted by atomic mass is 35.5. The highest BCUT2D eigenvalue weighted by Crippen LogP contribution is 2.47. The van der Waals surface area contributed by atoms with E-state index in [1.807, 2.05) is 38.1 Å². The minimum atomic E-state index is -0.754. The van der Waals surface area contributed by atoms with Crippen molar-refractivity contribution >= 4 is 35.1 Å². The summed E-state index contributed by atoms with van der Waals surface area (Å²) in [5, 5.41) is 16.5. The van der Waals surface area contributed by atoms with Crippen LogP contribution in [0.15, 0.2) is 40.1 Å². The van der Waals surface area contributed by atoms with Crippen LogP contribution in [0.1, 0.15) is 55.5 Å². The molecule has 0 bridgehead atoms. The Bertz CT molecular complexity index is 1350. The molecular weight excluding hydrogens is 500 g/mol. The molecule has 1 N–H and O–H groups in total. The van der Waals surface area contributed by atoms with Gasteiger partial charge in [-0.15, -0.1) is 5.10 Å². The summed E-state index contributed by atoms with van der Waals surface area (Å²) in [6.45, 7) is 3.81. The number of aliphatic hydroxyl groups is 1. The van der Waals surface area contributed by atoms with E-state index in [0.29, 0.717) is 34.5 Å².